The summed E-state index contributed by atoms with van der Waals surface area (Å²) in [6.07, 6.45) is -2.48. The van der Waals surface area contributed by atoms with Crippen LogP contribution in [0.4, 0.5) is 13.2 Å². The molecule has 0 radical (unpaired) electrons. The van der Waals surface area contributed by atoms with Gasteiger partial charge in [0.2, 0.25) is 0 Å². The molecule has 0 spiro atoms. The van der Waals surface area contributed by atoms with Crippen molar-refractivity contribution in [1.29, 1.82) is 0 Å². The van der Waals surface area contributed by atoms with Crippen molar-refractivity contribution in [3.8, 4) is 0 Å². The summed E-state index contributed by atoms with van der Waals surface area (Å²) in [4.78, 5) is 0. The molecule has 1 aliphatic carbocycles. The molecule has 1 unspecified atom stereocenters. The Balaban J connectivity index is 2.03. The largest absolute Gasteiger partial charge is 0.391 e. The molecule has 1 aliphatic rings. The molecule has 0 heterocycles. The van der Waals surface area contributed by atoms with Gasteiger partial charge >= 0.3 is 6.18 Å². The fraction of sp³-hybridized carbons (Fsp3) is 0.625. The van der Waals surface area contributed by atoms with E-state index in [9.17, 15) is 13.2 Å². The number of benzene rings is 1. The number of nitrogens with two attached hydrogens (primary N) is 1. The smallest absolute Gasteiger partial charge is 0.324 e. The third kappa shape index (κ3) is 3.54. The molecule has 4 heteroatoms. The van der Waals surface area contributed by atoms with Crippen molar-refractivity contribution < 1.29 is 13.2 Å². The fourth-order valence-corrected chi connectivity index (χ4v) is 3.28. The first kappa shape index (κ1) is 15.4. The van der Waals surface area contributed by atoms with Gasteiger partial charge in [-0.15, -0.1) is 0 Å². The van der Waals surface area contributed by atoms with Gasteiger partial charge in [0.1, 0.15) is 0 Å². The number of rotatable bonds is 2. The van der Waals surface area contributed by atoms with Crippen molar-refractivity contribution in [2.45, 2.75) is 51.7 Å². The molecule has 1 aromatic rings. The highest BCUT2D eigenvalue weighted by atomic mass is 19.4. The maximum Gasteiger partial charge on any atom is 0.391 e. The normalized spacial score (nSPS) is 25.5. The number of alkyl halides is 3. The van der Waals surface area contributed by atoms with E-state index in [2.05, 4.69) is 6.07 Å². The van der Waals surface area contributed by atoms with Gasteiger partial charge < -0.3 is 5.73 Å². The van der Waals surface area contributed by atoms with E-state index in [4.69, 9.17) is 5.73 Å². The van der Waals surface area contributed by atoms with E-state index >= 15 is 0 Å². The molecular weight excluding hydrogens is 263 g/mol. The van der Waals surface area contributed by atoms with E-state index in [0.29, 0.717) is 12.8 Å². The minimum Gasteiger partial charge on any atom is -0.324 e. The summed E-state index contributed by atoms with van der Waals surface area (Å²) in [5.74, 6) is -0.972. The van der Waals surface area contributed by atoms with Crippen molar-refractivity contribution in [3.05, 3.63) is 34.9 Å². The molecule has 0 amide bonds. The molecule has 1 fully saturated rings. The van der Waals surface area contributed by atoms with E-state index in [0.717, 1.165) is 16.7 Å². The SMILES string of the molecule is Cc1cc(C)cc(C(N)C2CCC(C(F)(F)F)CC2)c1. The maximum absolute atomic E-state index is 12.7. The van der Waals surface area contributed by atoms with Gasteiger partial charge in [-0.2, -0.15) is 13.2 Å². The molecule has 0 aliphatic heterocycles. The average Bonchev–Trinajstić information content (AvgIpc) is 2.36. The van der Waals surface area contributed by atoms with Crippen LogP contribution in [0.15, 0.2) is 18.2 Å². The van der Waals surface area contributed by atoms with Crippen molar-refractivity contribution in [3.63, 3.8) is 0 Å². The van der Waals surface area contributed by atoms with E-state index in [-0.39, 0.29) is 24.8 Å². The predicted octanol–water partition coefficient (Wildman–Crippen LogP) is 4.67. The second-order valence-electron chi connectivity index (χ2n) is 6.10. The van der Waals surface area contributed by atoms with E-state index in [1.165, 1.54) is 0 Å². The molecule has 112 valence electrons. The molecule has 1 saturated carbocycles. The maximum atomic E-state index is 12.7. The Hall–Kier alpha value is -1.03. The van der Waals surface area contributed by atoms with Crippen LogP contribution in [0.5, 0.6) is 0 Å². The molecule has 0 aromatic heterocycles. The Kier molecular flexibility index (Phi) is 4.43. The predicted molar refractivity (Wildman–Crippen MR) is 74.3 cm³/mol. The standard InChI is InChI=1S/C16H22F3N/c1-10-7-11(2)9-13(8-10)15(20)12-3-5-14(6-4-12)16(17,18)19/h7-9,12,14-15H,3-6,20H2,1-2H3. The van der Waals surface area contributed by atoms with Crippen LogP contribution < -0.4 is 5.73 Å². The Bertz CT molecular complexity index is 439. The third-order valence-corrected chi connectivity index (χ3v) is 4.37. The lowest BCUT2D eigenvalue weighted by molar-refractivity contribution is -0.184. The van der Waals surface area contributed by atoms with Crippen molar-refractivity contribution in [2.24, 2.45) is 17.6 Å². The van der Waals surface area contributed by atoms with Crippen LogP contribution in [0.1, 0.15) is 48.4 Å². The molecule has 1 atom stereocenters. The fourth-order valence-electron chi connectivity index (χ4n) is 3.28. The van der Waals surface area contributed by atoms with Gasteiger partial charge in [0.05, 0.1) is 5.92 Å². The summed E-state index contributed by atoms with van der Waals surface area (Å²) in [6, 6.07) is 6.03. The first-order valence-electron chi connectivity index (χ1n) is 7.18. The lowest BCUT2D eigenvalue weighted by Crippen LogP contribution is -2.31. The average molecular weight is 285 g/mol. The summed E-state index contributed by atoms with van der Waals surface area (Å²) in [6.45, 7) is 4.04. The highest BCUT2D eigenvalue weighted by Gasteiger charge is 2.42. The second-order valence-corrected chi connectivity index (χ2v) is 6.10. The highest BCUT2D eigenvalue weighted by molar-refractivity contribution is 5.30. The number of halogens is 3. The molecule has 2 N–H and O–H groups in total. The third-order valence-electron chi connectivity index (χ3n) is 4.37. The molecule has 20 heavy (non-hydrogen) atoms. The zero-order valence-electron chi connectivity index (χ0n) is 12.0. The summed E-state index contributed by atoms with van der Waals surface area (Å²) in [5.41, 5.74) is 9.64. The van der Waals surface area contributed by atoms with Gasteiger partial charge in [-0.25, -0.2) is 0 Å². The Morgan fingerprint density at radius 2 is 1.50 bits per heavy atom. The minimum atomic E-state index is -4.05. The monoisotopic (exact) mass is 285 g/mol. The second kappa shape index (κ2) is 5.76. The van der Waals surface area contributed by atoms with E-state index in [1.807, 2.05) is 26.0 Å². The van der Waals surface area contributed by atoms with Crippen LogP contribution in [-0.2, 0) is 0 Å². The molecule has 2 rings (SSSR count). The van der Waals surface area contributed by atoms with Gasteiger partial charge in [-0.3, -0.25) is 0 Å². The zero-order chi connectivity index (χ0) is 14.9. The zero-order valence-corrected chi connectivity index (χ0v) is 12.0. The lowest BCUT2D eigenvalue weighted by Gasteiger charge is -2.33. The number of aryl methyl sites for hydroxylation is 2. The van der Waals surface area contributed by atoms with Crippen molar-refractivity contribution in [2.75, 3.05) is 0 Å². The van der Waals surface area contributed by atoms with E-state index < -0.39 is 12.1 Å². The van der Waals surface area contributed by atoms with Crippen LogP contribution >= 0.6 is 0 Å². The van der Waals surface area contributed by atoms with Gasteiger partial charge in [0.15, 0.2) is 0 Å². The summed E-state index contributed by atoms with van der Waals surface area (Å²) in [5, 5.41) is 0. The molecule has 1 aromatic carbocycles. The van der Waals surface area contributed by atoms with Crippen LogP contribution in [0.2, 0.25) is 0 Å². The quantitative estimate of drug-likeness (QED) is 0.839. The summed E-state index contributed by atoms with van der Waals surface area (Å²) < 4.78 is 38.0. The molecule has 0 saturated heterocycles. The first-order chi connectivity index (χ1) is 9.27. The lowest BCUT2D eigenvalue weighted by atomic mass is 9.76. The minimum absolute atomic E-state index is 0.150. The highest BCUT2D eigenvalue weighted by Crippen LogP contribution is 2.42. The van der Waals surface area contributed by atoms with E-state index in [1.54, 1.807) is 0 Å². The Morgan fingerprint density at radius 3 is 1.95 bits per heavy atom. The molecule has 1 nitrogen and oxygen atoms in total. The van der Waals surface area contributed by atoms with Crippen molar-refractivity contribution in [1.82, 2.24) is 0 Å². The number of hydrogen-bond acceptors (Lipinski definition) is 1. The van der Waals surface area contributed by atoms with Gasteiger partial charge in [0.25, 0.3) is 0 Å². The van der Waals surface area contributed by atoms with Gasteiger partial charge in [-0.1, -0.05) is 29.3 Å². The first-order valence-corrected chi connectivity index (χ1v) is 7.18. The summed E-state index contributed by atoms with van der Waals surface area (Å²) >= 11 is 0. The summed E-state index contributed by atoms with van der Waals surface area (Å²) in [7, 11) is 0. The van der Waals surface area contributed by atoms with Gasteiger partial charge in [0, 0.05) is 6.04 Å². The van der Waals surface area contributed by atoms with Crippen LogP contribution in [-0.4, -0.2) is 6.18 Å². The van der Waals surface area contributed by atoms with Crippen molar-refractivity contribution >= 4 is 0 Å². The Morgan fingerprint density at radius 1 is 1.00 bits per heavy atom. The van der Waals surface area contributed by atoms with Crippen LogP contribution in [0.25, 0.3) is 0 Å². The van der Waals surface area contributed by atoms with Gasteiger partial charge in [-0.05, 0) is 51.0 Å². The Labute approximate surface area is 118 Å². The number of hydrogen-bond donors (Lipinski definition) is 1. The van der Waals surface area contributed by atoms with Crippen LogP contribution in [0.3, 0.4) is 0 Å². The topological polar surface area (TPSA) is 26.0 Å². The molecular formula is C16H22F3N. The molecule has 0 bridgehead atoms. The van der Waals surface area contributed by atoms with Crippen LogP contribution in [0, 0.1) is 25.7 Å².